The van der Waals surface area contributed by atoms with E-state index in [1.807, 2.05) is 90.1 Å². The lowest BCUT2D eigenvalue weighted by atomic mass is 9.93. The lowest BCUT2D eigenvalue weighted by molar-refractivity contribution is -0.144. The van der Waals surface area contributed by atoms with E-state index >= 15 is 0 Å². The first-order valence-corrected chi connectivity index (χ1v) is 13.0. The molecule has 37 heavy (non-hydrogen) atoms. The number of hydrogen-bond acceptors (Lipinski definition) is 4. The molecule has 0 aliphatic heterocycles. The average Bonchev–Trinajstić information content (AvgIpc) is 2.80. The van der Waals surface area contributed by atoms with Crippen LogP contribution in [0.4, 0.5) is 10.5 Å². The zero-order valence-electron chi connectivity index (χ0n) is 23.7. The van der Waals surface area contributed by atoms with Crippen molar-refractivity contribution in [1.29, 1.82) is 0 Å². The van der Waals surface area contributed by atoms with E-state index in [0.717, 1.165) is 16.7 Å². The van der Waals surface area contributed by atoms with Gasteiger partial charge in [-0.1, -0.05) is 62.7 Å². The highest BCUT2D eigenvalue weighted by atomic mass is 16.6. The molecule has 3 amide bonds. The maximum atomic E-state index is 14.2. The predicted octanol–water partition coefficient (Wildman–Crippen LogP) is 6.16. The van der Waals surface area contributed by atoms with Crippen molar-refractivity contribution in [3.8, 4) is 0 Å². The molecule has 0 saturated carbocycles. The van der Waals surface area contributed by atoms with Gasteiger partial charge in [0, 0.05) is 11.7 Å². The highest BCUT2D eigenvalue weighted by molar-refractivity contribution is 5.99. The van der Waals surface area contributed by atoms with Crippen LogP contribution in [0.5, 0.6) is 0 Å². The summed E-state index contributed by atoms with van der Waals surface area (Å²) in [5.74, 6) is -0.826. The van der Waals surface area contributed by atoms with Crippen LogP contribution in [0.3, 0.4) is 0 Å². The summed E-state index contributed by atoms with van der Waals surface area (Å²) >= 11 is 0. The summed E-state index contributed by atoms with van der Waals surface area (Å²) < 4.78 is 5.46. The van der Waals surface area contributed by atoms with Gasteiger partial charge in [0.25, 0.3) is 5.91 Å². The van der Waals surface area contributed by atoms with Gasteiger partial charge in [0.05, 0.1) is 0 Å². The Hall–Kier alpha value is -3.35. The minimum atomic E-state index is -0.903. The van der Waals surface area contributed by atoms with Crippen molar-refractivity contribution >= 4 is 23.6 Å². The molecule has 2 aromatic carbocycles. The number of nitrogens with one attached hydrogen (secondary N) is 2. The van der Waals surface area contributed by atoms with Crippen molar-refractivity contribution in [2.75, 3.05) is 5.32 Å². The Labute approximate surface area is 222 Å². The van der Waals surface area contributed by atoms with Crippen LogP contribution in [-0.4, -0.2) is 40.5 Å². The zero-order valence-corrected chi connectivity index (χ0v) is 23.7. The first-order valence-electron chi connectivity index (χ1n) is 13.0. The zero-order chi connectivity index (χ0) is 27.9. The third-order valence-electron chi connectivity index (χ3n) is 6.37. The number of alkyl carbamates (subject to hydrolysis) is 1. The summed E-state index contributed by atoms with van der Waals surface area (Å²) in [6.45, 7) is 16.8. The number of para-hydroxylation sites is 1. The van der Waals surface area contributed by atoms with Crippen molar-refractivity contribution in [1.82, 2.24) is 10.2 Å². The molecule has 0 saturated heterocycles. The van der Waals surface area contributed by atoms with Crippen LogP contribution in [0.25, 0.3) is 0 Å². The minimum Gasteiger partial charge on any atom is -0.444 e. The largest absolute Gasteiger partial charge is 0.444 e. The fourth-order valence-electron chi connectivity index (χ4n) is 4.18. The second kappa shape index (κ2) is 12.7. The predicted molar refractivity (Wildman–Crippen MR) is 148 cm³/mol. The third-order valence-corrected chi connectivity index (χ3v) is 6.37. The second-order valence-corrected chi connectivity index (χ2v) is 10.9. The molecule has 0 fully saturated rings. The summed E-state index contributed by atoms with van der Waals surface area (Å²) in [7, 11) is 0. The van der Waals surface area contributed by atoms with Crippen molar-refractivity contribution < 1.29 is 19.1 Å². The van der Waals surface area contributed by atoms with Crippen LogP contribution < -0.4 is 10.6 Å². The minimum absolute atomic E-state index is 0.182. The molecule has 0 aliphatic carbocycles. The SMILES string of the molecule is CCC(C)C(NC(=O)OC(C)(C)C)C(=O)N(C(C)C)C(C(=O)Nc1ccccc1C)c1ccccc1C. The summed E-state index contributed by atoms with van der Waals surface area (Å²) in [5, 5.41) is 5.83. The first kappa shape index (κ1) is 29.9. The molecule has 0 spiro atoms. The van der Waals surface area contributed by atoms with Crippen LogP contribution >= 0.6 is 0 Å². The molecular formula is C30H43N3O4. The number of nitrogens with zero attached hydrogens (tertiary/aromatic N) is 1. The smallest absolute Gasteiger partial charge is 0.408 e. The van der Waals surface area contributed by atoms with E-state index in [4.69, 9.17) is 4.74 Å². The summed E-state index contributed by atoms with van der Waals surface area (Å²) in [6.07, 6.45) is -0.00517. The van der Waals surface area contributed by atoms with Crippen LogP contribution in [0, 0.1) is 19.8 Å². The van der Waals surface area contributed by atoms with E-state index in [2.05, 4.69) is 10.6 Å². The molecule has 7 nitrogen and oxygen atoms in total. The molecule has 3 atom stereocenters. The van der Waals surface area contributed by atoms with E-state index in [9.17, 15) is 14.4 Å². The van der Waals surface area contributed by atoms with Gasteiger partial charge >= 0.3 is 6.09 Å². The van der Waals surface area contributed by atoms with E-state index in [1.165, 1.54) is 0 Å². The van der Waals surface area contributed by atoms with Crippen LogP contribution in [-0.2, 0) is 14.3 Å². The number of carbonyl (C=O) groups is 3. The molecule has 0 aromatic heterocycles. The molecular weight excluding hydrogens is 466 g/mol. The maximum Gasteiger partial charge on any atom is 0.408 e. The Kier molecular flexibility index (Phi) is 10.3. The standard InChI is InChI=1S/C30H43N3O4/c1-10-20(4)25(32-29(36)37-30(7,8)9)28(35)33(19(2)3)26(23-17-13-11-15-21(23)5)27(34)31-24-18-14-12-16-22(24)6/h11-20,25-26H,10H2,1-9H3,(H,31,34)(H,32,36). The number of benzene rings is 2. The van der Waals surface area contributed by atoms with Gasteiger partial charge in [-0.05, 0) is 77.1 Å². The lowest BCUT2D eigenvalue weighted by Crippen LogP contribution is -2.56. The van der Waals surface area contributed by atoms with E-state index < -0.39 is 23.8 Å². The number of aryl methyl sites for hydroxylation is 2. The van der Waals surface area contributed by atoms with Gasteiger partial charge in [0.1, 0.15) is 17.7 Å². The Balaban J connectivity index is 2.56. The van der Waals surface area contributed by atoms with Crippen molar-refractivity contribution in [2.24, 2.45) is 5.92 Å². The summed E-state index contributed by atoms with van der Waals surface area (Å²) in [6, 6.07) is 13.0. The Bertz CT molecular complexity index is 1090. The van der Waals surface area contributed by atoms with Crippen LogP contribution in [0.15, 0.2) is 48.5 Å². The van der Waals surface area contributed by atoms with Gasteiger partial charge in [-0.25, -0.2) is 4.79 Å². The van der Waals surface area contributed by atoms with Crippen molar-refractivity contribution in [3.63, 3.8) is 0 Å². The summed E-state index contributed by atoms with van der Waals surface area (Å²) in [5.41, 5.74) is 2.53. The van der Waals surface area contributed by atoms with Gasteiger partial charge in [0.2, 0.25) is 5.91 Å². The number of rotatable bonds is 9. The lowest BCUT2D eigenvalue weighted by Gasteiger charge is -2.39. The van der Waals surface area contributed by atoms with Gasteiger partial charge in [0.15, 0.2) is 0 Å². The van der Waals surface area contributed by atoms with Crippen LogP contribution in [0.1, 0.15) is 77.6 Å². The molecule has 3 unspecified atom stereocenters. The molecule has 0 aliphatic rings. The summed E-state index contributed by atoms with van der Waals surface area (Å²) in [4.78, 5) is 42.4. The topological polar surface area (TPSA) is 87.7 Å². The first-order chi connectivity index (χ1) is 17.3. The van der Waals surface area contributed by atoms with E-state index in [-0.39, 0.29) is 23.8 Å². The molecule has 2 N–H and O–H groups in total. The van der Waals surface area contributed by atoms with Crippen molar-refractivity contribution in [2.45, 2.75) is 92.5 Å². The fraction of sp³-hybridized carbons (Fsp3) is 0.500. The van der Waals surface area contributed by atoms with Gasteiger partial charge in [-0.3, -0.25) is 9.59 Å². The Morgan fingerprint density at radius 1 is 0.919 bits per heavy atom. The monoisotopic (exact) mass is 509 g/mol. The second-order valence-electron chi connectivity index (χ2n) is 10.9. The molecule has 0 heterocycles. The highest BCUT2D eigenvalue weighted by Gasteiger charge is 2.40. The molecule has 0 bridgehead atoms. The normalized spacial score (nSPS) is 13.9. The highest BCUT2D eigenvalue weighted by Crippen LogP contribution is 2.30. The Morgan fingerprint density at radius 2 is 1.49 bits per heavy atom. The van der Waals surface area contributed by atoms with Crippen molar-refractivity contribution in [3.05, 3.63) is 65.2 Å². The van der Waals surface area contributed by atoms with E-state index in [0.29, 0.717) is 12.1 Å². The number of ether oxygens (including phenoxy) is 1. The molecule has 2 rings (SSSR count). The number of hydrogen-bond donors (Lipinski definition) is 2. The third kappa shape index (κ3) is 8.07. The van der Waals surface area contributed by atoms with E-state index in [1.54, 1.807) is 25.7 Å². The number of carbonyl (C=O) groups excluding carboxylic acids is 3. The van der Waals surface area contributed by atoms with Gasteiger partial charge < -0.3 is 20.3 Å². The average molecular weight is 510 g/mol. The maximum absolute atomic E-state index is 14.2. The number of anilines is 1. The quantitative estimate of drug-likeness (QED) is 0.424. The molecule has 202 valence electrons. The molecule has 2 aromatic rings. The van der Waals surface area contributed by atoms with Gasteiger partial charge in [-0.15, -0.1) is 0 Å². The Morgan fingerprint density at radius 3 is 2.00 bits per heavy atom. The number of amides is 3. The molecule has 0 radical (unpaired) electrons. The fourth-order valence-corrected chi connectivity index (χ4v) is 4.18. The molecule has 7 heteroatoms. The van der Waals surface area contributed by atoms with Crippen LogP contribution in [0.2, 0.25) is 0 Å². The van der Waals surface area contributed by atoms with Gasteiger partial charge in [-0.2, -0.15) is 0 Å².